The second-order valence-corrected chi connectivity index (χ2v) is 10.7. The highest BCUT2D eigenvalue weighted by atomic mass is 32.2. The number of thioether (sulfide) groups is 1. The number of rotatable bonds is 8. The van der Waals surface area contributed by atoms with Gasteiger partial charge in [-0.1, -0.05) is 69.3 Å². The van der Waals surface area contributed by atoms with E-state index < -0.39 is 0 Å². The predicted octanol–water partition coefficient (Wildman–Crippen LogP) is 6.99. The zero-order valence-corrected chi connectivity index (χ0v) is 21.9. The summed E-state index contributed by atoms with van der Waals surface area (Å²) in [4.78, 5) is 27.1. The number of ether oxygens (including phenoxy) is 2. The van der Waals surface area contributed by atoms with E-state index in [9.17, 15) is 9.59 Å². The van der Waals surface area contributed by atoms with Crippen LogP contribution in [0, 0.1) is 6.92 Å². The Morgan fingerprint density at radius 3 is 2.25 bits per heavy atom. The molecule has 36 heavy (non-hydrogen) atoms. The van der Waals surface area contributed by atoms with E-state index in [1.165, 1.54) is 10.5 Å². The minimum Gasteiger partial charge on any atom is -0.490 e. The topological polar surface area (TPSA) is 55.8 Å². The number of hydrogen-bond donors (Lipinski definition) is 0. The molecule has 0 N–H and O–H groups in total. The van der Waals surface area contributed by atoms with Gasteiger partial charge in [0.2, 0.25) is 0 Å². The lowest BCUT2D eigenvalue weighted by Gasteiger charge is -2.19. The highest BCUT2D eigenvalue weighted by Crippen LogP contribution is 2.34. The second kappa shape index (κ2) is 11.0. The van der Waals surface area contributed by atoms with Crippen LogP contribution in [-0.4, -0.2) is 29.3 Å². The van der Waals surface area contributed by atoms with Gasteiger partial charge in [0.25, 0.3) is 11.1 Å². The van der Waals surface area contributed by atoms with Gasteiger partial charge in [-0.25, -0.2) is 0 Å². The molecule has 0 unspecified atom stereocenters. The third-order valence-corrected chi connectivity index (χ3v) is 6.87. The van der Waals surface area contributed by atoms with Gasteiger partial charge in [0.15, 0.2) is 0 Å². The largest absolute Gasteiger partial charge is 0.490 e. The van der Waals surface area contributed by atoms with Crippen molar-refractivity contribution in [3.05, 3.63) is 100.0 Å². The van der Waals surface area contributed by atoms with Crippen LogP contribution in [0.3, 0.4) is 0 Å². The molecule has 1 fully saturated rings. The molecular weight excluding hydrogens is 470 g/mol. The van der Waals surface area contributed by atoms with E-state index in [-0.39, 0.29) is 23.1 Å². The number of carbonyl (C=O) groups is 2. The molecule has 5 nitrogen and oxygen atoms in total. The molecule has 0 atom stereocenters. The van der Waals surface area contributed by atoms with Crippen LogP contribution >= 0.6 is 11.8 Å². The number of aryl methyl sites for hydroxylation is 1. The Kier molecular flexibility index (Phi) is 7.85. The van der Waals surface area contributed by atoms with Gasteiger partial charge in [0, 0.05) is 0 Å². The van der Waals surface area contributed by atoms with E-state index in [1.807, 2.05) is 67.6 Å². The van der Waals surface area contributed by atoms with Gasteiger partial charge >= 0.3 is 0 Å². The van der Waals surface area contributed by atoms with Crippen LogP contribution in [0.5, 0.6) is 11.5 Å². The standard InChI is InChI=1S/C30H31NO4S/c1-21-8-5-6-10-23(21)20-31-28(32)27(36-29(31)33)19-22-9-7-11-26(18-22)35-17-16-34-25-14-12-24(13-15-25)30(2,3)4/h5-15,18-19H,16-17,20H2,1-4H3/b27-19-. The average Bonchev–Trinajstić information content (AvgIpc) is 3.10. The summed E-state index contributed by atoms with van der Waals surface area (Å²) in [5, 5.41) is -0.255. The van der Waals surface area contributed by atoms with E-state index in [2.05, 4.69) is 32.9 Å². The average molecular weight is 502 g/mol. The number of hydrogen-bond acceptors (Lipinski definition) is 5. The van der Waals surface area contributed by atoms with Gasteiger partial charge in [0.1, 0.15) is 24.7 Å². The molecule has 1 aliphatic heterocycles. The molecule has 0 bridgehead atoms. The van der Waals surface area contributed by atoms with Gasteiger partial charge in [0.05, 0.1) is 11.4 Å². The zero-order chi connectivity index (χ0) is 25.7. The van der Waals surface area contributed by atoms with E-state index in [1.54, 1.807) is 6.08 Å². The van der Waals surface area contributed by atoms with Crippen LogP contribution < -0.4 is 9.47 Å². The van der Waals surface area contributed by atoms with Crippen molar-refractivity contribution in [2.24, 2.45) is 0 Å². The van der Waals surface area contributed by atoms with Crippen molar-refractivity contribution in [1.29, 1.82) is 0 Å². The maximum absolute atomic E-state index is 12.9. The minimum atomic E-state index is -0.273. The third kappa shape index (κ3) is 6.38. The first-order valence-electron chi connectivity index (χ1n) is 12.0. The summed E-state index contributed by atoms with van der Waals surface area (Å²) in [6.07, 6.45) is 1.74. The zero-order valence-electron chi connectivity index (χ0n) is 21.1. The fraction of sp³-hybridized carbons (Fsp3) is 0.267. The van der Waals surface area contributed by atoms with Gasteiger partial charge in [-0.05, 0) is 76.7 Å². The van der Waals surface area contributed by atoms with Crippen molar-refractivity contribution in [1.82, 2.24) is 4.90 Å². The summed E-state index contributed by atoms with van der Waals surface area (Å²) in [5.41, 5.74) is 4.18. The Bertz CT molecular complexity index is 1270. The molecule has 1 aliphatic rings. The van der Waals surface area contributed by atoms with E-state index in [4.69, 9.17) is 9.47 Å². The summed E-state index contributed by atoms with van der Waals surface area (Å²) in [6, 6.07) is 23.4. The summed E-state index contributed by atoms with van der Waals surface area (Å²) >= 11 is 0.967. The Morgan fingerprint density at radius 1 is 0.861 bits per heavy atom. The molecule has 0 radical (unpaired) electrons. The molecule has 1 heterocycles. The predicted molar refractivity (Wildman–Crippen MR) is 145 cm³/mol. The highest BCUT2D eigenvalue weighted by molar-refractivity contribution is 8.18. The molecule has 3 aromatic carbocycles. The normalized spacial score (nSPS) is 15.0. The van der Waals surface area contributed by atoms with Crippen LogP contribution in [0.1, 0.15) is 43.0 Å². The van der Waals surface area contributed by atoms with Crippen molar-refractivity contribution in [2.75, 3.05) is 13.2 Å². The Hall–Kier alpha value is -3.51. The lowest BCUT2D eigenvalue weighted by atomic mass is 9.87. The monoisotopic (exact) mass is 501 g/mol. The smallest absolute Gasteiger partial charge is 0.293 e. The van der Waals surface area contributed by atoms with Crippen LogP contribution in [0.2, 0.25) is 0 Å². The van der Waals surface area contributed by atoms with Gasteiger partial charge in [-0.15, -0.1) is 0 Å². The van der Waals surface area contributed by atoms with Crippen LogP contribution in [0.15, 0.2) is 77.7 Å². The summed E-state index contributed by atoms with van der Waals surface area (Å²) < 4.78 is 11.6. The van der Waals surface area contributed by atoms with Crippen LogP contribution in [0.4, 0.5) is 4.79 Å². The van der Waals surface area contributed by atoms with E-state index in [0.717, 1.165) is 34.2 Å². The Balaban J connectivity index is 1.33. The third-order valence-electron chi connectivity index (χ3n) is 5.96. The van der Waals surface area contributed by atoms with Crippen molar-refractivity contribution in [3.63, 3.8) is 0 Å². The van der Waals surface area contributed by atoms with Crippen molar-refractivity contribution in [2.45, 2.75) is 39.7 Å². The van der Waals surface area contributed by atoms with E-state index >= 15 is 0 Å². The number of imide groups is 1. The first-order valence-corrected chi connectivity index (χ1v) is 12.8. The lowest BCUT2D eigenvalue weighted by Crippen LogP contribution is -2.27. The quantitative estimate of drug-likeness (QED) is 0.246. The Labute approximate surface area is 217 Å². The molecule has 3 aromatic rings. The number of amides is 2. The van der Waals surface area contributed by atoms with E-state index in [0.29, 0.717) is 23.9 Å². The molecule has 0 aliphatic carbocycles. The molecule has 0 saturated carbocycles. The van der Waals surface area contributed by atoms with Crippen LogP contribution in [0.25, 0.3) is 6.08 Å². The first-order chi connectivity index (χ1) is 17.2. The molecule has 0 spiro atoms. The number of benzene rings is 3. The highest BCUT2D eigenvalue weighted by Gasteiger charge is 2.35. The molecule has 4 rings (SSSR count). The van der Waals surface area contributed by atoms with Crippen LogP contribution in [-0.2, 0) is 16.8 Å². The summed E-state index contributed by atoms with van der Waals surface area (Å²) in [7, 11) is 0. The van der Waals surface area contributed by atoms with Gasteiger partial charge < -0.3 is 9.47 Å². The molecule has 186 valence electrons. The maximum Gasteiger partial charge on any atom is 0.293 e. The van der Waals surface area contributed by atoms with Gasteiger partial charge in [-0.3, -0.25) is 14.5 Å². The second-order valence-electron chi connectivity index (χ2n) is 9.74. The lowest BCUT2D eigenvalue weighted by molar-refractivity contribution is -0.123. The fourth-order valence-electron chi connectivity index (χ4n) is 3.81. The van der Waals surface area contributed by atoms with Crippen molar-refractivity contribution < 1.29 is 19.1 Å². The molecular formula is C30H31NO4S. The van der Waals surface area contributed by atoms with Crippen molar-refractivity contribution >= 4 is 29.0 Å². The first kappa shape index (κ1) is 25.6. The molecule has 1 saturated heterocycles. The molecule has 2 amide bonds. The fourth-order valence-corrected chi connectivity index (χ4v) is 4.65. The molecule has 6 heteroatoms. The SMILES string of the molecule is Cc1ccccc1CN1C(=O)S/C(=C\c2cccc(OCCOc3ccc(C(C)(C)C)cc3)c2)C1=O. The minimum absolute atomic E-state index is 0.107. The van der Waals surface area contributed by atoms with Crippen molar-refractivity contribution in [3.8, 4) is 11.5 Å². The number of carbonyl (C=O) groups excluding carboxylic acids is 2. The Morgan fingerprint density at radius 2 is 1.56 bits per heavy atom. The summed E-state index contributed by atoms with van der Waals surface area (Å²) in [6.45, 7) is 9.60. The maximum atomic E-state index is 12.9. The summed E-state index contributed by atoms with van der Waals surface area (Å²) in [5.74, 6) is 1.21. The van der Waals surface area contributed by atoms with Gasteiger partial charge in [-0.2, -0.15) is 0 Å². The number of nitrogens with zero attached hydrogens (tertiary/aromatic N) is 1. The molecule has 0 aromatic heterocycles.